The maximum absolute atomic E-state index is 12.5. The Hall–Kier alpha value is -3.68. The first kappa shape index (κ1) is 25.6. The van der Waals surface area contributed by atoms with E-state index in [0.29, 0.717) is 28.9 Å². The molecule has 0 bridgehead atoms. The molecule has 2 aromatic carbocycles. The second-order valence-electron chi connectivity index (χ2n) is 9.18. The number of hydrogen-bond donors (Lipinski definition) is 2. The van der Waals surface area contributed by atoms with E-state index in [9.17, 15) is 14.4 Å². The number of rotatable bonds is 8. The van der Waals surface area contributed by atoms with Crippen molar-refractivity contribution in [3.63, 3.8) is 0 Å². The molecule has 0 saturated carbocycles. The van der Waals surface area contributed by atoms with Gasteiger partial charge in [-0.2, -0.15) is 0 Å². The van der Waals surface area contributed by atoms with Crippen LogP contribution in [0.15, 0.2) is 48.5 Å². The number of nitrogens with two attached hydrogens (primary N) is 1. The van der Waals surface area contributed by atoms with Gasteiger partial charge in [-0.05, 0) is 41.7 Å². The van der Waals surface area contributed by atoms with Crippen LogP contribution in [0.5, 0.6) is 5.75 Å². The predicted octanol–water partition coefficient (Wildman–Crippen LogP) is 3.17. The zero-order valence-electron chi connectivity index (χ0n) is 19.7. The molecule has 0 saturated heterocycles. The molecular formula is C25H31N3O5. The average molecular weight is 454 g/mol. The van der Waals surface area contributed by atoms with Crippen LogP contribution in [0.2, 0.25) is 0 Å². The number of amides is 1. The summed E-state index contributed by atoms with van der Waals surface area (Å²) in [7, 11) is 3.26. The van der Waals surface area contributed by atoms with Crippen molar-refractivity contribution < 1.29 is 23.9 Å². The number of esters is 2. The molecule has 3 N–H and O–H groups in total. The Kier molecular flexibility index (Phi) is 8.34. The van der Waals surface area contributed by atoms with Gasteiger partial charge < -0.3 is 20.1 Å². The van der Waals surface area contributed by atoms with Gasteiger partial charge in [0.15, 0.2) is 6.10 Å². The monoisotopic (exact) mass is 453 g/mol. The number of ether oxygens (including phenoxy) is 2. The maximum atomic E-state index is 12.5. The number of carbonyl (C=O) groups is 3. The molecule has 0 aliphatic rings. The molecule has 0 aliphatic heterocycles. The number of nitrogen functional groups attached to an aromatic ring is 1. The minimum absolute atomic E-state index is 0.0118. The topological polar surface area (TPSA) is 123 Å². The van der Waals surface area contributed by atoms with Crippen LogP contribution in [0.1, 0.15) is 48.7 Å². The van der Waals surface area contributed by atoms with E-state index in [1.165, 1.54) is 17.0 Å². The summed E-state index contributed by atoms with van der Waals surface area (Å²) in [6.45, 7) is 5.94. The van der Waals surface area contributed by atoms with Gasteiger partial charge in [0.05, 0.1) is 12.0 Å². The quantitative estimate of drug-likeness (QED) is 0.274. The zero-order valence-corrected chi connectivity index (χ0v) is 19.7. The Morgan fingerprint density at radius 1 is 0.970 bits per heavy atom. The fraction of sp³-hybridized carbons (Fsp3) is 0.360. The molecule has 0 fully saturated rings. The van der Waals surface area contributed by atoms with Gasteiger partial charge in [-0.3, -0.25) is 15.0 Å². The van der Waals surface area contributed by atoms with Crippen molar-refractivity contribution in [2.45, 2.75) is 39.7 Å². The number of likely N-dealkylation sites (N-methyl/N-ethyl adjacent to an activating group) is 1. The van der Waals surface area contributed by atoms with Gasteiger partial charge in [-0.25, -0.2) is 4.79 Å². The highest BCUT2D eigenvalue weighted by molar-refractivity contribution is 5.97. The number of amidine groups is 1. The van der Waals surface area contributed by atoms with E-state index in [4.69, 9.17) is 20.6 Å². The molecule has 0 spiro atoms. The Balaban J connectivity index is 1.98. The molecule has 8 heteroatoms. The van der Waals surface area contributed by atoms with Gasteiger partial charge in [0.1, 0.15) is 11.6 Å². The first-order valence-electron chi connectivity index (χ1n) is 10.5. The zero-order chi connectivity index (χ0) is 24.8. The fourth-order valence-corrected chi connectivity index (χ4v) is 3.02. The molecule has 1 atom stereocenters. The van der Waals surface area contributed by atoms with Crippen LogP contribution in [0.4, 0.5) is 0 Å². The molecule has 0 aliphatic carbocycles. The molecule has 0 heterocycles. The van der Waals surface area contributed by atoms with Crippen LogP contribution in [0.25, 0.3) is 0 Å². The van der Waals surface area contributed by atoms with Crippen LogP contribution in [-0.4, -0.2) is 48.8 Å². The lowest BCUT2D eigenvalue weighted by Crippen LogP contribution is -2.39. The number of nitrogens with zero attached hydrogens (tertiary/aromatic N) is 1. The summed E-state index contributed by atoms with van der Waals surface area (Å²) in [5.41, 5.74) is 6.72. The Bertz CT molecular complexity index is 1010. The van der Waals surface area contributed by atoms with Gasteiger partial charge >= 0.3 is 11.9 Å². The predicted molar refractivity (Wildman–Crippen MR) is 125 cm³/mol. The van der Waals surface area contributed by atoms with Crippen molar-refractivity contribution in [1.29, 1.82) is 5.41 Å². The van der Waals surface area contributed by atoms with E-state index in [0.717, 1.165) is 0 Å². The Morgan fingerprint density at radius 3 is 2.00 bits per heavy atom. The van der Waals surface area contributed by atoms with Crippen LogP contribution >= 0.6 is 0 Å². The molecule has 2 aromatic rings. The third kappa shape index (κ3) is 8.07. The SMILES string of the molecule is CN(C)C(=O)C(CC(C)(C)C)OC(=O)Cc1ccc(OC(=O)c2ccc(C(=N)N)cc2)cc1. The van der Waals surface area contributed by atoms with Crippen molar-refractivity contribution in [1.82, 2.24) is 4.90 Å². The second-order valence-corrected chi connectivity index (χ2v) is 9.18. The van der Waals surface area contributed by atoms with E-state index >= 15 is 0 Å². The van der Waals surface area contributed by atoms with Crippen molar-refractivity contribution in [2.75, 3.05) is 14.1 Å². The Labute approximate surface area is 194 Å². The highest BCUT2D eigenvalue weighted by Crippen LogP contribution is 2.24. The Morgan fingerprint density at radius 2 is 1.52 bits per heavy atom. The van der Waals surface area contributed by atoms with Crippen molar-refractivity contribution in [3.8, 4) is 5.75 Å². The maximum Gasteiger partial charge on any atom is 0.343 e. The lowest BCUT2D eigenvalue weighted by molar-refractivity contribution is -0.160. The van der Waals surface area contributed by atoms with E-state index in [2.05, 4.69) is 0 Å². The average Bonchev–Trinajstić information content (AvgIpc) is 2.73. The molecule has 176 valence electrons. The van der Waals surface area contributed by atoms with Crippen LogP contribution in [0.3, 0.4) is 0 Å². The van der Waals surface area contributed by atoms with Gasteiger partial charge in [0.2, 0.25) is 0 Å². The fourth-order valence-electron chi connectivity index (χ4n) is 3.02. The van der Waals surface area contributed by atoms with Gasteiger partial charge in [-0.15, -0.1) is 0 Å². The van der Waals surface area contributed by atoms with Crippen molar-refractivity contribution in [3.05, 3.63) is 65.2 Å². The number of nitrogens with one attached hydrogen (secondary N) is 1. The lowest BCUT2D eigenvalue weighted by Gasteiger charge is -2.27. The van der Waals surface area contributed by atoms with Crippen molar-refractivity contribution >= 4 is 23.7 Å². The standard InChI is InChI=1S/C25H31N3O5/c1-25(2,3)15-20(23(30)28(4)5)33-21(29)14-16-6-12-19(13-7-16)32-24(31)18-10-8-17(9-11-18)22(26)27/h6-13,20H,14-15H2,1-5H3,(H3,26,27). The third-order valence-electron chi connectivity index (χ3n) is 4.70. The number of benzene rings is 2. The summed E-state index contributed by atoms with van der Waals surface area (Å²) in [4.78, 5) is 38.6. The van der Waals surface area contributed by atoms with Gasteiger partial charge in [-0.1, -0.05) is 45.0 Å². The third-order valence-corrected chi connectivity index (χ3v) is 4.70. The first-order chi connectivity index (χ1) is 15.4. The van der Waals surface area contributed by atoms with E-state index in [1.54, 1.807) is 50.5 Å². The summed E-state index contributed by atoms with van der Waals surface area (Å²) in [6, 6.07) is 12.7. The summed E-state index contributed by atoms with van der Waals surface area (Å²) >= 11 is 0. The van der Waals surface area contributed by atoms with Gasteiger partial charge in [0, 0.05) is 19.7 Å². The highest BCUT2D eigenvalue weighted by atomic mass is 16.5. The van der Waals surface area contributed by atoms with E-state index in [-0.39, 0.29) is 23.6 Å². The number of carbonyl (C=O) groups excluding carboxylic acids is 3. The summed E-state index contributed by atoms with van der Waals surface area (Å²) < 4.78 is 10.8. The highest BCUT2D eigenvalue weighted by Gasteiger charge is 2.29. The van der Waals surface area contributed by atoms with Crippen LogP contribution in [0, 0.1) is 10.8 Å². The molecular weight excluding hydrogens is 422 g/mol. The van der Waals surface area contributed by atoms with Crippen LogP contribution in [-0.2, 0) is 20.7 Å². The summed E-state index contributed by atoms with van der Waals surface area (Å²) in [5.74, 6) is -1.07. The molecule has 33 heavy (non-hydrogen) atoms. The van der Waals surface area contributed by atoms with E-state index < -0.39 is 18.0 Å². The molecule has 1 unspecified atom stereocenters. The molecule has 0 radical (unpaired) electrons. The smallest absolute Gasteiger partial charge is 0.343 e. The summed E-state index contributed by atoms with van der Waals surface area (Å²) in [5, 5.41) is 7.39. The minimum Gasteiger partial charge on any atom is -0.452 e. The van der Waals surface area contributed by atoms with E-state index in [1.807, 2.05) is 20.8 Å². The van der Waals surface area contributed by atoms with Crippen LogP contribution < -0.4 is 10.5 Å². The second kappa shape index (κ2) is 10.8. The largest absolute Gasteiger partial charge is 0.452 e. The molecule has 1 amide bonds. The molecule has 0 aromatic heterocycles. The number of hydrogen-bond acceptors (Lipinski definition) is 6. The van der Waals surface area contributed by atoms with Gasteiger partial charge in [0.25, 0.3) is 5.91 Å². The molecule has 8 nitrogen and oxygen atoms in total. The minimum atomic E-state index is -0.845. The first-order valence-corrected chi connectivity index (χ1v) is 10.5. The van der Waals surface area contributed by atoms with Crippen molar-refractivity contribution in [2.24, 2.45) is 11.1 Å². The lowest BCUT2D eigenvalue weighted by atomic mass is 9.89. The summed E-state index contributed by atoms with van der Waals surface area (Å²) in [6.07, 6.45) is -0.442. The normalized spacial score (nSPS) is 11.9. The molecule has 2 rings (SSSR count).